The zero-order valence-electron chi connectivity index (χ0n) is 31.1. The number of benzene rings is 1. The summed E-state index contributed by atoms with van der Waals surface area (Å²) < 4.78 is 0. The van der Waals surface area contributed by atoms with Gasteiger partial charge in [0.25, 0.3) is 0 Å². The third-order valence-electron chi connectivity index (χ3n) is 20.2. The van der Waals surface area contributed by atoms with E-state index in [-0.39, 0.29) is 10.8 Å². The maximum atomic E-state index is 14.1. The van der Waals surface area contributed by atoms with Gasteiger partial charge in [0.05, 0.1) is 0 Å². The van der Waals surface area contributed by atoms with Crippen molar-refractivity contribution in [3.63, 3.8) is 0 Å². The molecule has 0 atom stereocenters. The standard InChI is InChI=1S/C48H66O/c1-2-39-40(45-15-27-3-28(16-45)5-29(4-27)17-45)42(47-21-33-9-34(22-47)11-35(10-33)23-47)44(49)43(48-24-36-12-37(25-48)14-38(13-36)26-48)41(39)46-18-30-6-31(19-46)8-32(7-30)20-46/h27-38,49H,2-26H2,1H3. The molecular weight excluding hydrogens is 593 g/mol. The summed E-state index contributed by atoms with van der Waals surface area (Å²) in [5.74, 6) is 12.4. The Morgan fingerprint density at radius 1 is 0.347 bits per heavy atom. The molecule has 1 aromatic rings. The number of aromatic hydroxyl groups is 1. The van der Waals surface area contributed by atoms with Crippen molar-refractivity contribution in [2.45, 2.75) is 189 Å². The van der Waals surface area contributed by atoms with E-state index >= 15 is 0 Å². The second-order valence-electron chi connectivity index (χ2n) is 23.5. The van der Waals surface area contributed by atoms with E-state index in [1.54, 1.807) is 11.1 Å². The zero-order valence-corrected chi connectivity index (χ0v) is 31.1. The minimum Gasteiger partial charge on any atom is -0.507 e. The second kappa shape index (κ2) is 9.57. The molecule has 0 amide bonds. The number of rotatable bonds is 5. The Hall–Kier alpha value is -0.980. The lowest BCUT2D eigenvalue weighted by atomic mass is 9.40. The first-order valence-corrected chi connectivity index (χ1v) is 22.7. The Labute approximate surface area is 297 Å². The van der Waals surface area contributed by atoms with Gasteiger partial charge in [0.2, 0.25) is 0 Å². The second-order valence-corrected chi connectivity index (χ2v) is 23.5. The largest absolute Gasteiger partial charge is 0.507 e. The van der Waals surface area contributed by atoms with Gasteiger partial charge >= 0.3 is 0 Å². The highest BCUT2D eigenvalue weighted by molar-refractivity contribution is 5.66. The minimum atomic E-state index is 0.276. The van der Waals surface area contributed by atoms with Crippen molar-refractivity contribution in [2.75, 3.05) is 0 Å². The third kappa shape index (κ3) is 3.87. The molecular formula is C48H66O. The van der Waals surface area contributed by atoms with Gasteiger partial charge < -0.3 is 5.11 Å². The number of phenols is 1. The summed E-state index contributed by atoms with van der Waals surface area (Å²) in [6.45, 7) is 2.63. The third-order valence-corrected chi connectivity index (χ3v) is 20.2. The van der Waals surface area contributed by atoms with Crippen LogP contribution in [0.15, 0.2) is 0 Å². The van der Waals surface area contributed by atoms with Crippen LogP contribution in [0.3, 0.4) is 0 Å². The van der Waals surface area contributed by atoms with Crippen LogP contribution in [0.1, 0.15) is 189 Å². The Balaban J connectivity index is 1.13. The summed E-state index contributed by atoms with van der Waals surface area (Å²) in [4.78, 5) is 0. The van der Waals surface area contributed by atoms with Gasteiger partial charge in [-0.15, -0.1) is 0 Å². The molecule has 1 nitrogen and oxygen atoms in total. The topological polar surface area (TPSA) is 20.2 Å². The van der Waals surface area contributed by atoms with Crippen molar-refractivity contribution < 1.29 is 5.11 Å². The van der Waals surface area contributed by atoms with Crippen molar-refractivity contribution in [3.8, 4) is 5.75 Å². The van der Waals surface area contributed by atoms with Gasteiger partial charge in [-0.2, -0.15) is 0 Å². The molecule has 16 aliphatic rings. The number of phenolic OH excluding ortho intramolecular Hbond substituents is 1. The molecule has 0 radical (unpaired) electrons. The van der Waals surface area contributed by atoms with E-state index < -0.39 is 0 Å². The molecule has 49 heavy (non-hydrogen) atoms. The van der Waals surface area contributed by atoms with E-state index in [2.05, 4.69) is 6.92 Å². The Kier molecular flexibility index (Phi) is 5.75. The average Bonchev–Trinajstić information content (AvgIpc) is 3.01. The smallest absolute Gasteiger partial charge is 0.123 e. The fourth-order valence-corrected chi connectivity index (χ4v) is 21.0. The van der Waals surface area contributed by atoms with Crippen molar-refractivity contribution >= 4 is 0 Å². The highest BCUT2D eigenvalue weighted by atomic mass is 16.3. The predicted octanol–water partition coefficient (Wildman–Crippen LogP) is 11.8. The van der Waals surface area contributed by atoms with Gasteiger partial charge in [-0.1, -0.05) is 6.92 Å². The maximum absolute atomic E-state index is 14.1. The molecule has 17 rings (SSSR count). The van der Waals surface area contributed by atoms with Crippen LogP contribution in [0.5, 0.6) is 5.75 Å². The van der Waals surface area contributed by atoms with E-state index in [9.17, 15) is 5.11 Å². The fourth-order valence-electron chi connectivity index (χ4n) is 21.0. The summed E-state index contributed by atoms with van der Waals surface area (Å²) in [7, 11) is 0. The van der Waals surface area contributed by atoms with Crippen molar-refractivity contribution in [2.24, 2.45) is 71.0 Å². The fraction of sp³-hybridized carbons (Fsp3) is 0.875. The van der Waals surface area contributed by atoms with Crippen LogP contribution in [-0.2, 0) is 28.1 Å². The van der Waals surface area contributed by atoms with Crippen LogP contribution in [0.2, 0.25) is 0 Å². The van der Waals surface area contributed by atoms with Crippen LogP contribution in [0.4, 0.5) is 0 Å². The molecule has 1 aromatic carbocycles. The molecule has 1 N–H and O–H groups in total. The molecule has 0 aromatic heterocycles. The molecule has 0 aliphatic heterocycles. The maximum Gasteiger partial charge on any atom is 0.123 e. The van der Waals surface area contributed by atoms with Crippen LogP contribution < -0.4 is 0 Å². The van der Waals surface area contributed by atoms with Crippen molar-refractivity contribution in [1.82, 2.24) is 0 Å². The van der Waals surface area contributed by atoms with E-state index in [0.29, 0.717) is 10.8 Å². The number of hydrogen-bond acceptors (Lipinski definition) is 1. The first-order valence-electron chi connectivity index (χ1n) is 22.7. The first-order chi connectivity index (χ1) is 23.8. The summed E-state index contributed by atoms with van der Waals surface area (Å²) in [6.07, 6.45) is 36.9. The molecule has 0 saturated heterocycles. The van der Waals surface area contributed by atoms with E-state index in [1.165, 1.54) is 161 Å². The van der Waals surface area contributed by atoms with Gasteiger partial charge in [0.15, 0.2) is 0 Å². The average molecular weight is 659 g/mol. The Bertz CT molecular complexity index is 1350. The van der Waals surface area contributed by atoms with Gasteiger partial charge in [0.1, 0.15) is 5.75 Å². The predicted molar refractivity (Wildman–Crippen MR) is 197 cm³/mol. The molecule has 0 spiro atoms. The monoisotopic (exact) mass is 659 g/mol. The zero-order chi connectivity index (χ0) is 32.1. The van der Waals surface area contributed by atoms with Crippen LogP contribution >= 0.6 is 0 Å². The lowest BCUT2D eigenvalue weighted by Crippen LogP contribution is -2.55. The van der Waals surface area contributed by atoms with Gasteiger partial charge in [-0.3, -0.25) is 0 Å². The van der Waals surface area contributed by atoms with Gasteiger partial charge in [0, 0.05) is 22.0 Å². The summed E-state index contributed by atoms with van der Waals surface area (Å²) in [5, 5.41) is 14.1. The first kappa shape index (κ1) is 29.5. The molecule has 16 bridgehead atoms. The van der Waals surface area contributed by atoms with E-state index in [0.717, 1.165) is 76.8 Å². The Morgan fingerprint density at radius 3 is 0.714 bits per heavy atom. The molecule has 1 heteroatoms. The highest BCUT2D eigenvalue weighted by Gasteiger charge is 2.63. The molecule has 264 valence electrons. The minimum absolute atomic E-state index is 0.276. The van der Waals surface area contributed by atoms with Crippen LogP contribution in [0, 0.1) is 71.0 Å². The molecule has 0 unspecified atom stereocenters. The molecule has 16 saturated carbocycles. The van der Waals surface area contributed by atoms with Gasteiger partial charge in [-0.25, -0.2) is 0 Å². The van der Waals surface area contributed by atoms with E-state index in [1.807, 2.05) is 16.7 Å². The summed E-state index contributed by atoms with van der Waals surface area (Å²) in [5.41, 5.74) is 10.4. The molecule has 16 fully saturated rings. The van der Waals surface area contributed by atoms with Crippen LogP contribution in [-0.4, -0.2) is 5.11 Å². The summed E-state index contributed by atoms with van der Waals surface area (Å²) >= 11 is 0. The lowest BCUT2D eigenvalue weighted by molar-refractivity contribution is -0.0246. The normalized spacial score (nSPS) is 56.4. The van der Waals surface area contributed by atoms with Crippen molar-refractivity contribution in [3.05, 3.63) is 27.8 Å². The van der Waals surface area contributed by atoms with Gasteiger partial charge in [-0.05, 0) is 259 Å². The van der Waals surface area contributed by atoms with Crippen molar-refractivity contribution in [1.29, 1.82) is 0 Å². The number of hydrogen-bond donors (Lipinski definition) is 1. The SMILES string of the molecule is CCc1c(C23CC4CC(CC(C4)C2)C3)c(C23CC4CC(CC(C4)C2)C3)c(O)c(C23CC4CC(CC(C4)C2)C3)c1C12CC3CC(CC(C3)C1)C2. The Morgan fingerprint density at radius 2 is 0.531 bits per heavy atom. The lowest BCUT2D eigenvalue weighted by Gasteiger charge is -2.64. The van der Waals surface area contributed by atoms with E-state index in [4.69, 9.17) is 0 Å². The quantitative estimate of drug-likeness (QED) is 0.334. The highest BCUT2D eigenvalue weighted by Crippen LogP contribution is 2.73. The summed E-state index contributed by atoms with van der Waals surface area (Å²) in [6, 6.07) is 0. The van der Waals surface area contributed by atoms with Crippen LogP contribution in [0.25, 0.3) is 0 Å². The molecule has 16 aliphatic carbocycles. The molecule has 0 heterocycles.